The Kier molecular flexibility index (Phi) is 4.37. The van der Waals surface area contributed by atoms with E-state index in [0.717, 1.165) is 5.69 Å². The van der Waals surface area contributed by atoms with Crippen molar-refractivity contribution in [3.63, 3.8) is 0 Å². The summed E-state index contributed by atoms with van der Waals surface area (Å²) in [4.78, 5) is 16.0. The van der Waals surface area contributed by atoms with Crippen molar-refractivity contribution in [2.75, 3.05) is 0 Å². The number of imidazole rings is 1. The van der Waals surface area contributed by atoms with Gasteiger partial charge < -0.3 is 4.57 Å². The van der Waals surface area contributed by atoms with Gasteiger partial charge >= 0.3 is 0 Å². The molecule has 1 amide bonds. The fraction of sp³-hybridized carbons (Fsp3) is 0. The number of hydrogen-bond acceptors (Lipinski definition) is 4. The first kappa shape index (κ1) is 16.2. The molecule has 8 heteroatoms. The molecule has 0 spiro atoms. The standard InChI is InChI=1S/C16H12ClN3O3S/c17-13-8-4-5-9-15(13)24(22,23)19-16(21)14-10-20(11-18-14)12-6-2-1-3-7-12/h1-11H,(H,19,21). The number of aromatic nitrogens is 2. The number of sulfonamides is 1. The zero-order valence-electron chi connectivity index (χ0n) is 12.3. The molecule has 3 aromatic rings. The topological polar surface area (TPSA) is 81.1 Å². The Bertz CT molecular complexity index is 985. The lowest BCUT2D eigenvalue weighted by Gasteiger charge is -2.06. The van der Waals surface area contributed by atoms with Gasteiger partial charge in [-0.05, 0) is 24.3 Å². The number of amides is 1. The number of carbonyl (C=O) groups is 1. The van der Waals surface area contributed by atoms with Gasteiger partial charge in [-0.1, -0.05) is 41.9 Å². The zero-order valence-corrected chi connectivity index (χ0v) is 13.8. The predicted octanol–water partition coefficient (Wildman–Crippen LogP) is 2.64. The van der Waals surface area contributed by atoms with Gasteiger partial charge in [-0.3, -0.25) is 4.79 Å². The minimum Gasteiger partial charge on any atom is -0.305 e. The summed E-state index contributed by atoms with van der Waals surface area (Å²) in [5, 5.41) is 0.0348. The summed E-state index contributed by atoms with van der Waals surface area (Å²) in [6, 6.07) is 15.1. The minimum atomic E-state index is -4.07. The van der Waals surface area contributed by atoms with Crippen molar-refractivity contribution in [2.24, 2.45) is 0 Å². The summed E-state index contributed by atoms with van der Waals surface area (Å²) in [6.07, 6.45) is 2.89. The van der Waals surface area contributed by atoms with E-state index in [1.54, 1.807) is 10.6 Å². The molecule has 0 fully saturated rings. The molecule has 0 aliphatic carbocycles. The van der Waals surface area contributed by atoms with Crippen LogP contribution in [0.15, 0.2) is 72.0 Å². The second-order valence-electron chi connectivity index (χ2n) is 4.87. The van der Waals surface area contributed by atoms with E-state index in [2.05, 4.69) is 4.98 Å². The van der Waals surface area contributed by atoms with Gasteiger partial charge in [0.1, 0.15) is 16.9 Å². The molecule has 0 unspecified atom stereocenters. The van der Waals surface area contributed by atoms with E-state index in [4.69, 9.17) is 11.6 Å². The number of nitrogens with one attached hydrogen (secondary N) is 1. The molecule has 1 aromatic heterocycles. The maximum absolute atomic E-state index is 12.3. The summed E-state index contributed by atoms with van der Waals surface area (Å²) in [7, 11) is -4.07. The monoisotopic (exact) mass is 361 g/mol. The first-order valence-electron chi connectivity index (χ1n) is 6.88. The van der Waals surface area contributed by atoms with E-state index in [0.29, 0.717) is 0 Å². The van der Waals surface area contributed by atoms with Crippen molar-refractivity contribution < 1.29 is 13.2 Å². The van der Waals surface area contributed by atoms with Crippen molar-refractivity contribution in [3.05, 3.63) is 77.8 Å². The first-order chi connectivity index (χ1) is 11.5. The summed E-state index contributed by atoms with van der Waals surface area (Å²) in [6.45, 7) is 0. The average Bonchev–Trinajstić information content (AvgIpc) is 3.06. The number of carbonyl (C=O) groups excluding carboxylic acids is 1. The fourth-order valence-corrected chi connectivity index (χ4v) is 3.55. The molecular weight excluding hydrogens is 350 g/mol. The van der Waals surface area contributed by atoms with Crippen LogP contribution < -0.4 is 4.72 Å². The van der Waals surface area contributed by atoms with Crippen molar-refractivity contribution >= 4 is 27.5 Å². The Labute approximate surface area is 143 Å². The quantitative estimate of drug-likeness (QED) is 0.774. The number of nitrogens with zero attached hydrogens (tertiary/aromatic N) is 2. The van der Waals surface area contributed by atoms with Gasteiger partial charge in [-0.15, -0.1) is 0 Å². The lowest BCUT2D eigenvalue weighted by molar-refractivity contribution is 0.0977. The maximum Gasteiger partial charge on any atom is 0.285 e. The zero-order chi connectivity index (χ0) is 17.2. The molecule has 2 aromatic carbocycles. The van der Waals surface area contributed by atoms with Crippen LogP contribution in [0.3, 0.4) is 0 Å². The van der Waals surface area contributed by atoms with Crippen LogP contribution in [-0.2, 0) is 10.0 Å². The summed E-state index contributed by atoms with van der Waals surface area (Å²) >= 11 is 5.87. The van der Waals surface area contributed by atoms with Crippen LogP contribution in [-0.4, -0.2) is 23.9 Å². The van der Waals surface area contributed by atoms with Crippen LogP contribution in [0.1, 0.15) is 10.5 Å². The van der Waals surface area contributed by atoms with E-state index in [1.165, 1.54) is 30.7 Å². The predicted molar refractivity (Wildman–Crippen MR) is 89.7 cm³/mol. The van der Waals surface area contributed by atoms with Crippen LogP contribution in [0.25, 0.3) is 5.69 Å². The lowest BCUT2D eigenvalue weighted by atomic mass is 10.3. The molecule has 0 bridgehead atoms. The van der Waals surface area contributed by atoms with Gasteiger partial charge in [0, 0.05) is 11.9 Å². The third kappa shape index (κ3) is 3.32. The van der Waals surface area contributed by atoms with Crippen LogP contribution in [0, 0.1) is 0 Å². The van der Waals surface area contributed by atoms with Gasteiger partial charge in [0.25, 0.3) is 15.9 Å². The van der Waals surface area contributed by atoms with E-state index in [9.17, 15) is 13.2 Å². The van der Waals surface area contributed by atoms with Gasteiger partial charge in [0.2, 0.25) is 0 Å². The van der Waals surface area contributed by atoms with Crippen LogP contribution in [0.2, 0.25) is 5.02 Å². The first-order valence-corrected chi connectivity index (χ1v) is 8.74. The van der Waals surface area contributed by atoms with Crippen LogP contribution in [0.5, 0.6) is 0 Å². The van der Waals surface area contributed by atoms with E-state index < -0.39 is 15.9 Å². The van der Waals surface area contributed by atoms with E-state index in [-0.39, 0.29) is 15.6 Å². The van der Waals surface area contributed by atoms with Crippen molar-refractivity contribution in [3.8, 4) is 5.69 Å². The summed E-state index contributed by atoms with van der Waals surface area (Å²) in [5.74, 6) is -0.829. The van der Waals surface area contributed by atoms with Gasteiger partial charge in [-0.25, -0.2) is 18.1 Å². The Morgan fingerprint density at radius 3 is 2.42 bits per heavy atom. The molecule has 6 nitrogen and oxygen atoms in total. The fourth-order valence-electron chi connectivity index (χ4n) is 2.07. The Morgan fingerprint density at radius 2 is 1.71 bits per heavy atom. The normalized spacial score (nSPS) is 11.2. The highest BCUT2D eigenvalue weighted by molar-refractivity contribution is 7.90. The summed E-state index contributed by atoms with van der Waals surface area (Å²) < 4.78 is 28.1. The Balaban J connectivity index is 1.83. The number of para-hydroxylation sites is 1. The molecule has 1 heterocycles. The molecule has 3 rings (SSSR count). The minimum absolute atomic E-state index is 0.0190. The SMILES string of the molecule is O=C(NS(=O)(=O)c1ccccc1Cl)c1cn(-c2ccccc2)cn1. The highest BCUT2D eigenvalue weighted by Gasteiger charge is 2.22. The molecular formula is C16H12ClN3O3S. The Morgan fingerprint density at radius 1 is 1.04 bits per heavy atom. The molecule has 0 aliphatic heterocycles. The van der Waals surface area contributed by atoms with Crippen LogP contribution in [0.4, 0.5) is 0 Å². The third-order valence-electron chi connectivity index (χ3n) is 3.22. The number of halogens is 1. The maximum atomic E-state index is 12.3. The van der Waals surface area contributed by atoms with Gasteiger partial charge in [0.15, 0.2) is 0 Å². The molecule has 0 radical (unpaired) electrons. The van der Waals surface area contributed by atoms with Gasteiger partial charge in [-0.2, -0.15) is 0 Å². The Hall–Kier alpha value is -2.64. The number of rotatable bonds is 4. The largest absolute Gasteiger partial charge is 0.305 e. The molecule has 0 atom stereocenters. The molecule has 122 valence electrons. The third-order valence-corrected chi connectivity index (χ3v) is 5.05. The summed E-state index contributed by atoms with van der Waals surface area (Å²) in [5.41, 5.74) is 0.785. The highest BCUT2D eigenvalue weighted by atomic mass is 35.5. The van der Waals surface area contributed by atoms with Crippen molar-refractivity contribution in [2.45, 2.75) is 4.90 Å². The molecule has 1 N–H and O–H groups in total. The second kappa shape index (κ2) is 6.46. The van der Waals surface area contributed by atoms with Gasteiger partial charge in [0.05, 0.1) is 5.02 Å². The molecule has 24 heavy (non-hydrogen) atoms. The highest BCUT2D eigenvalue weighted by Crippen LogP contribution is 2.20. The molecule has 0 aliphatic rings. The van der Waals surface area contributed by atoms with Crippen molar-refractivity contribution in [1.29, 1.82) is 0 Å². The number of benzene rings is 2. The van der Waals surface area contributed by atoms with Crippen molar-refractivity contribution in [1.82, 2.24) is 14.3 Å². The smallest absolute Gasteiger partial charge is 0.285 e. The van der Waals surface area contributed by atoms with Crippen LogP contribution >= 0.6 is 11.6 Å². The van der Waals surface area contributed by atoms with E-state index >= 15 is 0 Å². The number of hydrogen-bond donors (Lipinski definition) is 1. The average molecular weight is 362 g/mol. The molecule has 0 saturated carbocycles. The lowest BCUT2D eigenvalue weighted by Crippen LogP contribution is -2.31. The molecule has 0 saturated heterocycles. The van der Waals surface area contributed by atoms with E-state index in [1.807, 2.05) is 35.1 Å². The second-order valence-corrected chi connectivity index (χ2v) is 6.92.